The highest BCUT2D eigenvalue weighted by Gasteiger charge is 2.30. The highest BCUT2D eigenvalue weighted by molar-refractivity contribution is 7.78. The maximum Gasteiger partial charge on any atom is 0.147 e. The summed E-state index contributed by atoms with van der Waals surface area (Å²) in [6.07, 6.45) is 6.08. The molecule has 0 bridgehead atoms. The smallest absolute Gasteiger partial charge is 0.147 e. The minimum absolute atomic E-state index is 0.192. The molecule has 2 heteroatoms. The molecule has 0 saturated heterocycles. The molecule has 0 saturated carbocycles. The van der Waals surface area contributed by atoms with Gasteiger partial charge in [-0.05, 0) is 24.3 Å². The Bertz CT molecular complexity index is 770. The zero-order chi connectivity index (χ0) is 17.2. The largest absolute Gasteiger partial charge is 0.313 e. The van der Waals surface area contributed by atoms with Crippen LogP contribution in [0.4, 0.5) is 0 Å². The van der Waals surface area contributed by atoms with E-state index in [9.17, 15) is 4.57 Å². The Kier molecular flexibility index (Phi) is 4.65. The Hall–Kier alpha value is -1.85. The van der Waals surface area contributed by atoms with Crippen LogP contribution in [-0.2, 0) is 4.57 Å². The highest BCUT2D eigenvalue weighted by atomic mass is 31.2. The first-order chi connectivity index (χ1) is 11.4. The van der Waals surface area contributed by atoms with Crippen LogP contribution in [0.5, 0.6) is 0 Å². The number of hydrogen-bond donors (Lipinski definition) is 0. The summed E-state index contributed by atoms with van der Waals surface area (Å²) in [6, 6.07) is 19.9. The Morgan fingerprint density at radius 2 is 1.42 bits per heavy atom. The molecule has 0 radical (unpaired) electrons. The summed E-state index contributed by atoms with van der Waals surface area (Å²) in [4.78, 5) is 0. The van der Waals surface area contributed by atoms with Crippen LogP contribution in [0.2, 0.25) is 0 Å². The molecule has 0 N–H and O–H groups in total. The number of benzene rings is 2. The molecule has 0 spiro atoms. The molecule has 0 aliphatic heterocycles. The average molecular weight is 336 g/mol. The molecule has 2 aromatic rings. The monoisotopic (exact) mass is 336 g/mol. The quantitative estimate of drug-likeness (QED) is 0.692. The molecule has 24 heavy (non-hydrogen) atoms. The fourth-order valence-corrected chi connectivity index (χ4v) is 6.25. The van der Waals surface area contributed by atoms with Gasteiger partial charge in [0.25, 0.3) is 0 Å². The third-order valence-corrected chi connectivity index (χ3v) is 7.79. The van der Waals surface area contributed by atoms with Crippen molar-refractivity contribution < 1.29 is 4.57 Å². The second-order valence-corrected chi connectivity index (χ2v) is 10.2. The third kappa shape index (κ3) is 3.47. The summed E-state index contributed by atoms with van der Waals surface area (Å²) in [6.45, 7) is 6.68. The average Bonchev–Trinajstić information content (AvgIpc) is 2.58. The van der Waals surface area contributed by atoms with Crippen LogP contribution >= 0.6 is 7.14 Å². The van der Waals surface area contributed by atoms with Gasteiger partial charge in [0.15, 0.2) is 0 Å². The van der Waals surface area contributed by atoms with Gasteiger partial charge in [-0.2, -0.15) is 0 Å². The number of allylic oxidation sites excluding steroid dienone is 4. The predicted octanol–water partition coefficient (Wildman–Crippen LogP) is 5.30. The first-order valence-corrected chi connectivity index (χ1v) is 10.4. The third-order valence-electron chi connectivity index (χ3n) is 4.74. The lowest BCUT2D eigenvalue weighted by Crippen LogP contribution is -2.21. The Morgan fingerprint density at radius 1 is 0.917 bits per heavy atom. The van der Waals surface area contributed by atoms with Gasteiger partial charge in [-0.3, -0.25) is 0 Å². The van der Waals surface area contributed by atoms with Crippen molar-refractivity contribution in [2.75, 3.05) is 6.16 Å². The summed E-state index contributed by atoms with van der Waals surface area (Å²) in [5.74, 6) is 0. The van der Waals surface area contributed by atoms with Crippen molar-refractivity contribution in [1.29, 1.82) is 0 Å². The van der Waals surface area contributed by atoms with Crippen molar-refractivity contribution in [2.24, 2.45) is 5.41 Å². The molecule has 1 aliphatic carbocycles. The van der Waals surface area contributed by atoms with E-state index >= 15 is 0 Å². The van der Waals surface area contributed by atoms with E-state index in [1.165, 1.54) is 11.1 Å². The lowest BCUT2D eigenvalue weighted by atomic mass is 9.80. The molecule has 1 aliphatic rings. The molecule has 0 aromatic heterocycles. The van der Waals surface area contributed by atoms with Gasteiger partial charge >= 0.3 is 0 Å². The van der Waals surface area contributed by atoms with Crippen molar-refractivity contribution >= 4 is 17.8 Å². The van der Waals surface area contributed by atoms with Gasteiger partial charge in [-0.25, -0.2) is 0 Å². The van der Waals surface area contributed by atoms with Crippen LogP contribution in [0.15, 0.2) is 84.0 Å². The fraction of sp³-hybridized carbons (Fsp3) is 0.273. The molecule has 0 atom stereocenters. The van der Waals surface area contributed by atoms with Gasteiger partial charge in [0.1, 0.15) is 7.14 Å². The van der Waals surface area contributed by atoms with E-state index < -0.39 is 7.14 Å². The lowest BCUT2D eigenvalue weighted by molar-refractivity contribution is 0.467. The van der Waals surface area contributed by atoms with E-state index in [4.69, 9.17) is 0 Å². The van der Waals surface area contributed by atoms with Crippen LogP contribution in [0.3, 0.4) is 0 Å². The van der Waals surface area contributed by atoms with Crippen LogP contribution in [-0.4, -0.2) is 6.16 Å². The molecule has 2 aromatic carbocycles. The molecule has 0 unspecified atom stereocenters. The Labute approximate surface area is 145 Å². The fourth-order valence-electron chi connectivity index (χ4n) is 3.42. The summed E-state index contributed by atoms with van der Waals surface area (Å²) in [5.41, 5.74) is 2.77. The second kappa shape index (κ2) is 6.57. The van der Waals surface area contributed by atoms with Crippen LogP contribution in [0.25, 0.3) is 0 Å². The van der Waals surface area contributed by atoms with Gasteiger partial charge < -0.3 is 4.57 Å². The van der Waals surface area contributed by atoms with E-state index in [0.717, 1.165) is 17.0 Å². The maximum atomic E-state index is 14.1. The minimum Gasteiger partial charge on any atom is -0.313 e. The van der Waals surface area contributed by atoms with Crippen molar-refractivity contribution in [3.63, 3.8) is 0 Å². The van der Waals surface area contributed by atoms with Gasteiger partial charge in [0.2, 0.25) is 0 Å². The van der Waals surface area contributed by atoms with Gasteiger partial charge in [-0.1, -0.05) is 92.2 Å². The number of hydrogen-bond acceptors (Lipinski definition) is 1. The molecule has 1 nitrogen and oxygen atoms in total. The highest BCUT2D eigenvalue weighted by Crippen LogP contribution is 2.47. The number of rotatable bonds is 4. The van der Waals surface area contributed by atoms with Crippen LogP contribution in [0, 0.1) is 5.41 Å². The topological polar surface area (TPSA) is 17.1 Å². The molecule has 0 fully saturated rings. The van der Waals surface area contributed by atoms with Gasteiger partial charge in [0, 0.05) is 16.8 Å². The van der Waals surface area contributed by atoms with E-state index in [0.29, 0.717) is 6.16 Å². The van der Waals surface area contributed by atoms with E-state index in [-0.39, 0.29) is 5.41 Å². The van der Waals surface area contributed by atoms with Crippen molar-refractivity contribution in [3.05, 3.63) is 84.0 Å². The molecule has 124 valence electrons. The Balaban J connectivity index is 2.05. The van der Waals surface area contributed by atoms with Crippen molar-refractivity contribution in [2.45, 2.75) is 27.2 Å². The molecular weight excluding hydrogens is 311 g/mol. The van der Waals surface area contributed by atoms with Crippen LogP contribution in [0.1, 0.15) is 27.2 Å². The van der Waals surface area contributed by atoms with E-state index in [2.05, 4.69) is 32.9 Å². The first-order valence-electron chi connectivity index (χ1n) is 8.49. The van der Waals surface area contributed by atoms with E-state index in [1.807, 2.05) is 60.7 Å². The maximum absolute atomic E-state index is 14.1. The SMILES string of the molecule is CC1=C(CP(=O)(c2ccccc2)c2ccccc2)C=CC(C)(C)C1. The molecule has 0 amide bonds. The predicted molar refractivity (Wildman–Crippen MR) is 105 cm³/mol. The molecule has 0 heterocycles. The van der Waals surface area contributed by atoms with Crippen molar-refractivity contribution in [3.8, 4) is 0 Å². The zero-order valence-electron chi connectivity index (χ0n) is 14.7. The normalized spacial score (nSPS) is 17.1. The summed E-state index contributed by atoms with van der Waals surface area (Å²) < 4.78 is 14.1. The van der Waals surface area contributed by atoms with Gasteiger partial charge in [0.05, 0.1) is 0 Å². The molecular formula is C22H25OP. The van der Waals surface area contributed by atoms with Gasteiger partial charge in [-0.15, -0.1) is 0 Å². The second-order valence-electron chi connectivity index (χ2n) is 7.37. The minimum atomic E-state index is -2.68. The summed E-state index contributed by atoms with van der Waals surface area (Å²) >= 11 is 0. The van der Waals surface area contributed by atoms with Crippen molar-refractivity contribution in [1.82, 2.24) is 0 Å². The lowest BCUT2D eigenvalue weighted by Gasteiger charge is -2.29. The first kappa shape index (κ1) is 17.0. The zero-order valence-corrected chi connectivity index (χ0v) is 15.6. The van der Waals surface area contributed by atoms with E-state index in [1.54, 1.807) is 0 Å². The summed E-state index contributed by atoms with van der Waals surface area (Å²) in [5, 5.41) is 1.88. The molecule has 3 rings (SSSR count). The Morgan fingerprint density at radius 3 is 1.88 bits per heavy atom. The van der Waals surface area contributed by atoms with Crippen LogP contribution < -0.4 is 10.6 Å². The standard InChI is InChI=1S/C22H25OP/c1-18-16-22(2,3)15-14-19(18)17-24(23,20-10-6-4-7-11-20)21-12-8-5-9-13-21/h4-15H,16-17H2,1-3H3. The summed E-state index contributed by atoms with van der Waals surface area (Å²) in [7, 11) is -2.68.